The first-order chi connectivity index (χ1) is 7.04. The Labute approximate surface area is 84.3 Å². The number of nitrogens with two attached hydrogens (primary N) is 1. The topological polar surface area (TPSA) is 105 Å². The van der Waals surface area contributed by atoms with Crippen LogP contribution in [0.5, 0.6) is 0 Å². The first-order valence-corrected chi connectivity index (χ1v) is 4.02. The lowest BCUT2D eigenvalue weighted by Crippen LogP contribution is -2.50. The first kappa shape index (κ1) is 11.4. The van der Waals surface area contributed by atoms with Gasteiger partial charge in [0.15, 0.2) is 6.73 Å². The van der Waals surface area contributed by atoms with Gasteiger partial charge in [0, 0.05) is 6.20 Å². The van der Waals surface area contributed by atoms with Crippen LogP contribution in [0.25, 0.3) is 0 Å². The van der Waals surface area contributed by atoms with Crippen molar-refractivity contribution < 1.29 is 23.8 Å². The van der Waals surface area contributed by atoms with E-state index in [1.54, 1.807) is 0 Å². The van der Waals surface area contributed by atoms with Crippen molar-refractivity contribution in [2.24, 2.45) is 5.73 Å². The molecule has 1 unspecified atom stereocenters. The van der Waals surface area contributed by atoms with Crippen LogP contribution in [0.3, 0.4) is 0 Å². The number of aliphatic hydroxyl groups excluding tert-OH is 1. The Morgan fingerprint density at radius 1 is 1.80 bits per heavy atom. The lowest BCUT2D eigenvalue weighted by molar-refractivity contribution is -0.152. The molecule has 0 saturated carbocycles. The average Bonchev–Trinajstić information content (AvgIpc) is 2.21. The lowest BCUT2D eigenvalue weighted by atomic mass is 10.4. The fourth-order valence-electron chi connectivity index (χ4n) is 0.857. The summed E-state index contributed by atoms with van der Waals surface area (Å²) in [7, 11) is 0. The van der Waals surface area contributed by atoms with E-state index in [2.05, 4.69) is 4.74 Å². The zero-order valence-electron chi connectivity index (χ0n) is 7.64. The van der Waals surface area contributed by atoms with Crippen LogP contribution >= 0.6 is 0 Å². The number of rotatable bonds is 3. The summed E-state index contributed by atoms with van der Waals surface area (Å²) in [6, 6.07) is 0. The molecule has 15 heavy (non-hydrogen) atoms. The van der Waals surface area contributed by atoms with Crippen LogP contribution in [0, 0.1) is 0 Å². The van der Waals surface area contributed by atoms with Gasteiger partial charge in [-0.05, 0) is 0 Å². The Hall–Kier alpha value is -1.67. The molecule has 1 heterocycles. The van der Waals surface area contributed by atoms with Crippen LogP contribution in [0.4, 0.5) is 4.39 Å². The Balaban J connectivity index is 2.54. The zero-order chi connectivity index (χ0) is 11.4. The molecule has 0 fully saturated rings. The van der Waals surface area contributed by atoms with Gasteiger partial charge in [0.05, 0.1) is 6.54 Å². The van der Waals surface area contributed by atoms with E-state index in [0.717, 1.165) is 11.1 Å². The maximum atomic E-state index is 12.7. The van der Waals surface area contributed by atoms with Crippen molar-refractivity contribution in [3.05, 3.63) is 12.0 Å². The highest BCUT2D eigenvalue weighted by atomic mass is 19.1. The van der Waals surface area contributed by atoms with Gasteiger partial charge in [-0.2, -0.15) is 4.39 Å². The predicted octanol–water partition coefficient (Wildman–Crippen LogP) is -2.04. The Morgan fingerprint density at radius 3 is 3.07 bits per heavy atom. The summed E-state index contributed by atoms with van der Waals surface area (Å²) in [5, 5.41) is 11.1. The molecular weight excluding hydrogens is 209 g/mol. The predicted molar refractivity (Wildman–Crippen MR) is 45.2 cm³/mol. The van der Waals surface area contributed by atoms with Gasteiger partial charge >= 0.3 is 5.97 Å². The molecule has 1 aliphatic rings. The van der Waals surface area contributed by atoms with Crippen LogP contribution in [0.2, 0.25) is 0 Å². The van der Waals surface area contributed by atoms with E-state index in [-0.39, 0.29) is 6.54 Å². The number of carbonyl (C=O) groups is 2. The third-order valence-electron chi connectivity index (χ3n) is 1.61. The van der Waals surface area contributed by atoms with Gasteiger partial charge in [0.1, 0.15) is 0 Å². The highest BCUT2D eigenvalue weighted by Gasteiger charge is 2.25. The minimum Gasteiger partial charge on any atom is -0.443 e. The molecular formula is C7H10FN3O4. The second-order valence-corrected chi connectivity index (χ2v) is 2.69. The number of aliphatic hydroxyl groups is 1. The SMILES string of the molecule is NCC(=O)OCN1C=C(F)C(=O)NC1O. The molecule has 1 aliphatic heterocycles. The number of halogens is 1. The van der Waals surface area contributed by atoms with Gasteiger partial charge in [-0.1, -0.05) is 0 Å². The van der Waals surface area contributed by atoms with Crippen molar-refractivity contribution in [3.63, 3.8) is 0 Å². The zero-order valence-corrected chi connectivity index (χ0v) is 7.64. The molecule has 1 atom stereocenters. The van der Waals surface area contributed by atoms with Crippen LogP contribution in [0.1, 0.15) is 0 Å². The number of ether oxygens (including phenoxy) is 1. The summed E-state index contributed by atoms with van der Waals surface area (Å²) in [4.78, 5) is 22.2. The van der Waals surface area contributed by atoms with Gasteiger partial charge in [-0.25, -0.2) is 0 Å². The van der Waals surface area contributed by atoms with E-state index in [9.17, 15) is 19.1 Å². The Morgan fingerprint density at radius 2 is 2.47 bits per heavy atom. The maximum absolute atomic E-state index is 12.7. The summed E-state index contributed by atoms with van der Waals surface area (Å²) in [5.41, 5.74) is 4.96. The minimum absolute atomic E-state index is 0.317. The van der Waals surface area contributed by atoms with E-state index >= 15 is 0 Å². The highest BCUT2D eigenvalue weighted by molar-refractivity contribution is 5.91. The number of hydrogen-bond acceptors (Lipinski definition) is 6. The second kappa shape index (κ2) is 4.71. The Bertz CT molecular complexity index is 307. The fourth-order valence-corrected chi connectivity index (χ4v) is 0.857. The molecule has 8 heteroatoms. The van der Waals surface area contributed by atoms with E-state index in [1.807, 2.05) is 5.32 Å². The minimum atomic E-state index is -1.43. The molecule has 0 aliphatic carbocycles. The average molecular weight is 219 g/mol. The molecule has 0 saturated heterocycles. The number of nitrogens with one attached hydrogen (secondary N) is 1. The maximum Gasteiger partial charge on any atom is 0.321 e. The number of carbonyl (C=O) groups excluding carboxylic acids is 2. The van der Waals surface area contributed by atoms with Crippen molar-refractivity contribution in [3.8, 4) is 0 Å². The summed E-state index contributed by atoms with van der Waals surface area (Å²) in [6.45, 7) is -0.715. The summed E-state index contributed by atoms with van der Waals surface area (Å²) >= 11 is 0. The van der Waals surface area contributed by atoms with Crippen molar-refractivity contribution in [1.29, 1.82) is 0 Å². The van der Waals surface area contributed by atoms with E-state index in [4.69, 9.17) is 5.73 Å². The molecule has 4 N–H and O–H groups in total. The molecule has 7 nitrogen and oxygen atoms in total. The number of amides is 1. The van der Waals surface area contributed by atoms with Crippen LogP contribution in [-0.4, -0.2) is 41.5 Å². The van der Waals surface area contributed by atoms with Gasteiger partial charge in [0.2, 0.25) is 12.2 Å². The largest absolute Gasteiger partial charge is 0.443 e. The van der Waals surface area contributed by atoms with E-state index in [0.29, 0.717) is 0 Å². The van der Waals surface area contributed by atoms with Crippen molar-refractivity contribution in [1.82, 2.24) is 10.2 Å². The van der Waals surface area contributed by atoms with Crippen LogP contribution in [0.15, 0.2) is 12.0 Å². The van der Waals surface area contributed by atoms with Gasteiger partial charge < -0.3 is 20.9 Å². The molecule has 1 amide bonds. The van der Waals surface area contributed by atoms with Crippen molar-refractivity contribution in [2.45, 2.75) is 6.35 Å². The fraction of sp³-hybridized carbons (Fsp3) is 0.429. The molecule has 0 aromatic carbocycles. The van der Waals surface area contributed by atoms with Crippen LogP contribution < -0.4 is 11.1 Å². The van der Waals surface area contributed by atoms with E-state index < -0.39 is 30.8 Å². The monoisotopic (exact) mass is 219 g/mol. The quantitative estimate of drug-likeness (QED) is 0.472. The van der Waals surface area contributed by atoms with Crippen LogP contribution in [-0.2, 0) is 14.3 Å². The van der Waals surface area contributed by atoms with Gasteiger partial charge in [0.25, 0.3) is 5.91 Å². The molecule has 0 spiro atoms. The third kappa shape index (κ3) is 2.89. The molecule has 0 aromatic rings. The summed E-state index contributed by atoms with van der Waals surface area (Å²) < 4.78 is 17.3. The first-order valence-electron chi connectivity index (χ1n) is 4.02. The number of nitrogens with zero attached hydrogens (tertiary/aromatic N) is 1. The lowest BCUT2D eigenvalue weighted by Gasteiger charge is -2.29. The Kier molecular flexibility index (Phi) is 3.58. The summed E-state index contributed by atoms with van der Waals surface area (Å²) in [5.74, 6) is -2.80. The highest BCUT2D eigenvalue weighted by Crippen LogP contribution is 2.08. The number of esters is 1. The van der Waals surface area contributed by atoms with E-state index in [1.165, 1.54) is 0 Å². The summed E-state index contributed by atoms with van der Waals surface area (Å²) in [6.07, 6.45) is -0.685. The normalized spacial score (nSPS) is 20.7. The molecule has 0 bridgehead atoms. The number of hydrogen-bond donors (Lipinski definition) is 3. The molecule has 1 rings (SSSR count). The molecule has 84 valence electrons. The molecule has 0 aromatic heterocycles. The smallest absolute Gasteiger partial charge is 0.321 e. The standard InChI is InChI=1S/C7H10FN3O4/c8-4-2-11(3-15-5(12)1-9)7(14)10-6(4)13/h2,7,14H,1,3,9H2,(H,10,13). The van der Waals surface area contributed by atoms with Gasteiger partial charge in [-0.3, -0.25) is 14.5 Å². The molecule has 0 radical (unpaired) electrons. The van der Waals surface area contributed by atoms with Crippen molar-refractivity contribution >= 4 is 11.9 Å². The second-order valence-electron chi connectivity index (χ2n) is 2.69. The van der Waals surface area contributed by atoms with Gasteiger partial charge in [-0.15, -0.1) is 0 Å². The third-order valence-corrected chi connectivity index (χ3v) is 1.61. The van der Waals surface area contributed by atoms with Crippen molar-refractivity contribution in [2.75, 3.05) is 13.3 Å².